The third-order valence-electron chi connectivity index (χ3n) is 4.27. The molecule has 0 fully saturated rings. The van der Waals surface area contributed by atoms with Gasteiger partial charge < -0.3 is 5.32 Å². The van der Waals surface area contributed by atoms with Crippen LogP contribution in [0.25, 0.3) is 22.2 Å². The van der Waals surface area contributed by atoms with Crippen LogP contribution in [-0.4, -0.2) is 9.97 Å². The molecule has 2 heterocycles. The number of para-hydroxylation sites is 1. The van der Waals surface area contributed by atoms with Crippen molar-refractivity contribution in [1.29, 1.82) is 0 Å². The Hall–Kier alpha value is -3.48. The highest BCUT2D eigenvalue weighted by atomic mass is 19.4. The van der Waals surface area contributed by atoms with Gasteiger partial charge in [-0.25, -0.2) is 9.37 Å². The van der Waals surface area contributed by atoms with E-state index in [-0.39, 0.29) is 16.9 Å². The minimum atomic E-state index is -4.63. The molecule has 1 N–H and O–H groups in total. The first-order valence-electron chi connectivity index (χ1n) is 8.37. The summed E-state index contributed by atoms with van der Waals surface area (Å²) in [6.45, 7) is 0. The second-order valence-electron chi connectivity index (χ2n) is 6.07. The van der Waals surface area contributed by atoms with Crippen molar-refractivity contribution in [3.63, 3.8) is 0 Å². The number of hydrogen-bond donors (Lipinski definition) is 1. The van der Waals surface area contributed by atoms with Crippen LogP contribution in [-0.2, 0) is 6.18 Å². The van der Waals surface area contributed by atoms with Gasteiger partial charge in [0.1, 0.15) is 5.69 Å². The predicted octanol–water partition coefficient (Wildman–Crippen LogP) is 6.20. The molecule has 0 spiro atoms. The van der Waals surface area contributed by atoms with Gasteiger partial charge in [-0.3, -0.25) is 4.98 Å². The summed E-state index contributed by atoms with van der Waals surface area (Å²) in [6.07, 6.45) is -1.57. The van der Waals surface area contributed by atoms with E-state index in [0.717, 1.165) is 6.07 Å². The summed E-state index contributed by atoms with van der Waals surface area (Å²) >= 11 is 0. The topological polar surface area (TPSA) is 37.8 Å². The lowest BCUT2D eigenvalue weighted by Gasteiger charge is -2.17. The molecule has 2 aromatic heterocycles. The average molecular weight is 383 g/mol. The molecular weight excluding hydrogens is 370 g/mol. The van der Waals surface area contributed by atoms with Crippen LogP contribution in [0.1, 0.15) is 5.56 Å². The van der Waals surface area contributed by atoms with E-state index in [1.165, 1.54) is 30.6 Å². The second kappa shape index (κ2) is 6.92. The SMILES string of the molecule is Fc1c(-c2ccccc2C(F)(F)F)nc2ccccc2c1Nc1ccncc1. The van der Waals surface area contributed by atoms with Gasteiger partial charge in [-0.2, -0.15) is 13.2 Å². The highest BCUT2D eigenvalue weighted by Crippen LogP contribution is 2.40. The van der Waals surface area contributed by atoms with Gasteiger partial charge in [0, 0.05) is 29.0 Å². The number of alkyl halides is 3. The molecule has 0 bridgehead atoms. The number of aromatic nitrogens is 2. The zero-order valence-corrected chi connectivity index (χ0v) is 14.3. The second-order valence-corrected chi connectivity index (χ2v) is 6.07. The smallest absolute Gasteiger partial charge is 0.352 e. The van der Waals surface area contributed by atoms with Gasteiger partial charge in [0.25, 0.3) is 0 Å². The van der Waals surface area contributed by atoms with E-state index in [2.05, 4.69) is 15.3 Å². The fourth-order valence-electron chi connectivity index (χ4n) is 3.01. The van der Waals surface area contributed by atoms with Crippen molar-refractivity contribution >= 4 is 22.3 Å². The van der Waals surface area contributed by atoms with Crippen molar-refractivity contribution in [2.45, 2.75) is 6.18 Å². The minimum absolute atomic E-state index is 0.0591. The summed E-state index contributed by atoms with van der Waals surface area (Å²) in [4.78, 5) is 8.10. The maximum Gasteiger partial charge on any atom is 0.417 e. The van der Waals surface area contributed by atoms with Gasteiger partial charge in [0.05, 0.1) is 16.8 Å². The van der Waals surface area contributed by atoms with Crippen LogP contribution in [0.15, 0.2) is 73.1 Å². The molecule has 2 aromatic carbocycles. The highest BCUT2D eigenvalue weighted by molar-refractivity contribution is 5.96. The summed E-state index contributed by atoms with van der Waals surface area (Å²) in [5, 5.41) is 3.41. The number of rotatable bonds is 3. The molecule has 0 saturated heterocycles. The molecule has 0 aliphatic carbocycles. The normalized spacial score (nSPS) is 11.6. The number of anilines is 2. The molecule has 0 aliphatic heterocycles. The van der Waals surface area contributed by atoms with E-state index >= 15 is 4.39 Å². The van der Waals surface area contributed by atoms with Crippen LogP contribution in [0.5, 0.6) is 0 Å². The number of pyridine rings is 2. The molecule has 0 atom stereocenters. The Kier molecular flexibility index (Phi) is 4.43. The molecule has 4 rings (SSSR count). The lowest BCUT2D eigenvalue weighted by Crippen LogP contribution is -2.09. The molecule has 7 heteroatoms. The summed E-state index contributed by atoms with van der Waals surface area (Å²) in [7, 11) is 0. The van der Waals surface area contributed by atoms with Crippen LogP contribution >= 0.6 is 0 Å². The number of nitrogens with zero attached hydrogens (tertiary/aromatic N) is 2. The Labute approximate surface area is 157 Å². The van der Waals surface area contributed by atoms with Crippen LogP contribution in [0.4, 0.5) is 28.9 Å². The van der Waals surface area contributed by atoms with E-state index in [1.807, 2.05) is 0 Å². The van der Waals surface area contributed by atoms with Crippen LogP contribution in [0.3, 0.4) is 0 Å². The molecule has 140 valence electrons. The number of hydrogen-bond acceptors (Lipinski definition) is 3. The van der Waals surface area contributed by atoms with Crippen molar-refractivity contribution in [2.24, 2.45) is 0 Å². The van der Waals surface area contributed by atoms with E-state index in [0.29, 0.717) is 16.6 Å². The first-order chi connectivity index (χ1) is 13.4. The van der Waals surface area contributed by atoms with Gasteiger partial charge in [0.2, 0.25) is 0 Å². The number of benzene rings is 2. The lowest BCUT2D eigenvalue weighted by molar-refractivity contribution is -0.137. The molecule has 0 aliphatic rings. The maximum absolute atomic E-state index is 15.4. The molecular formula is C21H13F4N3. The Morgan fingerprint density at radius 1 is 0.821 bits per heavy atom. The summed E-state index contributed by atoms with van der Waals surface area (Å²) in [6, 6.07) is 14.8. The summed E-state index contributed by atoms with van der Waals surface area (Å²) < 4.78 is 55.8. The lowest BCUT2D eigenvalue weighted by atomic mass is 10.0. The van der Waals surface area contributed by atoms with Gasteiger partial charge in [-0.1, -0.05) is 36.4 Å². The van der Waals surface area contributed by atoms with Gasteiger partial charge >= 0.3 is 6.18 Å². The first-order valence-corrected chi connectivity index (χ1v) is 8.37. The van der Waals surface area contributed by atoms with Crippen molar-refractivity contribution < 1.29 is 17.6 Å². The van der Waals surface area contributed by atoms with E-state index in [1.54, 1.807) is 36.4 Å². The Morgan fingerprint density at radius 2 is 1.50 bits per heavy atom. The quantitative estimate of drug-likeness (QED) is 0.428. The Balaban J connectivity index is 1.98. The largest absolute Gasteiger partial charge is 0.417 e. The molecule has 0 saturated carbocycles. The van der Waals surface area contributed by atoms with E-state index in [4.69, 9.17) is 0 Å². The number of nitrogens with one attached hydrogen (secondary N) is 1. The fraction of sp³-hybridized carbons (Fsp3) is 0.0476. The van der Waals surface area contributed by atoms with E-state index in [9.17, 15) is 13.2 Å². The fourth-order valence-corrected chi connectivity index (χ4v) is 3.01. The van der Waals surface area contributed by atoms with Crippen molar-refractivity contribution in [1.82, 2.24) is 9.97 Å². The molecule has 0 radical (unpaired) electrons. The van der Waals surface area contributed by atoms with Crippen LogP contribution in [0, 0.1) is 5.82 Å². The molecule has 28 heavy (non-hydrogen) atoms. The minimum Gasteiger partial charge on any atom is -0.352 e. The standard InChI is InChI=1S/C21H13F4N3/c22-18-19(14-5-1-3-7-16(14)21(23,24)25)28-17-8-4-2-6-15(17)20(18)27-13-9-11-26-12-10-13/h1-12H,(H,26,27,28). The first kappa shape index (κ1) is 17.9. The molecule has 0 unspecified atom stereocenters. The molecule has 4 aromatic rings. The Bertz CT molecular complexity index is 1140. The maximum atomic E-state index is 15.4. The Morgan fingerprint density at radius 3 is 2.25 bits per heavy atom. The number of halogens is 4. The third-order valence-corrected chi connectivity index (χ3v) is 4.27. The third kappa shape index (κ3) is 3.26. The highest BCUT2D eigenvalue weighted by Gasteiger charge is 2.34. The molecule has 0 amide bonds. The monoisotopic (exact) mass is 383 g/mol. The number of fused-ring (bicyclic) bond motifs is 1. The predicted molar refractivity (Wildman–Crippen MR) is 99.7 cm³/mol. The van der Waals surface area contributed by atoms with Gasteiger partial charge in [0.15, 0.2) is 5.82 Å². The van der Waals surface area contributed by atoms with Gasteiger partial charge in [-0.15, -0.1) is 0 Å². The molecule has 3 nitrogen and oxygen atoms in total. The average Bonchev–Trinajstić information content (AvgIpc) is 2.70. The zero-order chi connectivity index (χ0) is 19.7. The zero-order valence-electron chi connectivity index (χ0n) is 14.3. The van der Waals surface area contributed by atoms with Crippen molar-refractivity contribution in [3.05, 3.63) is 84.4 Å². The van der Waals surface area contributed by atoms with E-state index < -0.39 is 17.6 Å². The van der Waals surface area contributed by atoms with Gasteiger partial charge in [-0.05, 0) is 24.3 Å². The van der Waals surface area contributed by atoms with Crippen LogP contribution < -0.4 is 5.32 Å². The summed E-state index contributed by atoms with van der Waals surface area (Å²) in [5.41, 5.74) is -0.609. The summed E-state index contributed by atoms with van der Waals surface area (Å²) in [5.74, 6) is -0.854. The van der Waals surface area contributed by atoms with Crippen molar-refractivity contribution in [3.8, 4) is 11.3 Å². The van der Waals surface area contributed by atoms with Crippen LogP contribution in [0.2, 0.25) is 0 Å². The van der Waals surface area contributed by atoms with Crippen molar-refractivity contribution in [2.75, 3.05) is 5.32 Å².